The van der Waals surface area contributed by atoms with Gasteiger partial charge in [-0.3, -0.25) is 9.78 Å². The first-order valence-electron chi connectivity index (χ1n) is 4.18. The molecule has 1 heterocycles. The van der Waals surface area contributed by atoms with Gasteiger partial charge in [-0.25, -0.2) is 0 Å². The number of halogens is 2. The van der Waals surface area contributed by atoms with Crippen molar-refractivity contribution in [1.29, 1.82) is 0 Å². The third kappa shape index (κ3) is 3.18. The van der Waals surface area contributed by atoms with Crippen molar-refractivity contribution in [3.05, 3.63) is 28.5 Å². The summed E-state index contributed by atoms with van der Waals surface area (Å²) in [5.74, 6) is -0.266. The molecule has 1 aromatic heterocycles. The minimum absolute atomic E-state index is 0. The van der Waals surface area contributed by atoms with Gasteiger partial charge in [-0.15, -0.1) is 12.4 Å². The van der Waals surface area contributed by atoms with Crippen molar-refractivity contribution in [2.24, 2.45) is 0 Å². The third-order valence-electron chi connectivity index (χ3n) is 2.12. The summed E-state index contributed by atoms with van der Waals surface area (Å²) in [6.07, 6.45) is 3.35. The molecule has 5 heteroatoms. The molecule has 0 spiro atoms. The number of ether oxygens (including phenoxy) is 1. The van der Waals surface area contributed by atoms with Gasteiger partial charge in [-0.2, -0.15) is 0 Å². The second-order valence-corrected chi connectivity index (χ2v) is 4.42. The van der Waals surface area contributed by atoms with Gasteiger partial charge in [-0.05, 0) is 41.4 Å². The Bertz CT molecular complexity index is 355. The molecule has 0 saturated heterocycles. The number of methoxy groups -OCH3 is 1. The Hall–Kier alpha value is -0.610. The lowest BCUT2D eigenvalue weighted by Gasteiger charge is -2.21. The molecular weight excluding hydrogens is 281 g/mol. The standard InChI is InChI=1S/C10H12BrNO2.ClH/c1-10(2,9(13)14-3)7-4-8(11)6-12-5-7;/h4-6H,1-3H3;1H. The predicted molar refractivity (Wildman–Crippen MR) is 64.2 cm³/mol. The molecule has 0 amide bonds. The van der Waals surface area contributed by atoms with E-state index in [-0.39, 0.29) is 18.4 Å². The van der Waals surface area contributed by atoms with E-state index in [1.54, 1.807) is 12.4 Å². The number of nitrogens with zero attached hydrogens (tertiary/aromatic N) is 1. The van der Waals surface area contributed by atoms with Crippen LogP contribution in [-0.4, -0.2) is 18.1 Å². The average Bonchev–Trinajstić information content (AvgIpc) is 2.16. The molecule has 1 aromatic rings. The number of pyridine rings is 1. The summed E-state index contributed by atoms with van der Waals surface area (Å²) in [5, 5.41) is 0. The average molecular weight is 295 g/mol. The highest BCUT2D eigenvalue weighted by Crippen LogP contribution is 2.25. The Kier molecular flexibility index (Phi) is 5.24. The SMILES string of the molecule is COC(=O)C(C)(C)c1cncc(Br)c1.Cl. The first kappa shape index (κ1) is 14.4. The molecule has 84 valence electrons. The fraction of sp³-hybridized carbons (Fsp3) is 0.400. The van der Waals surface area contributed by atoms with E-state index in [2.05, 4.69) is 20.9 Å². The van der Waals surface area contributed by atoms with Gasteiger partial charge >= 0.3 is 5.97 Å². The number of carbonyl (C=O) groups excluding carboxylic acids is 1. The number of rotatable bonds is 2. The van der Waals surface area contributed by atoms with Crippen LogP contribution in [0.1, 0.15) is 19.4 Å². The number of carbonyl (C=O) groups is 1. The van der Waals surface area contributed by atoms with Crippen LogP contribution in [0.15, 0.2) is 22.9 Å². The summed E-state index contributed by atoms with van der Waals surface area (Å²) in [6.45, 7) is 3.62. The quantitative estimate of drug-likeness (QED) is 0.787. The van der Waals surface area contributed by atoms with E-state index in [0.717, 1.165) is 10.0 Å². The maximum Gasteiger partial charge on any atom is 0.315 e. The van der Waals surface area contributed by atoms with Gasteiger partial charge in [0, 0.05) is 16.9 Å². The van der Waals surface area contributed by atoms with Crippen molar-refractivity contribution in [2.45, 2.75) is 19.3 Å². The largest absolute Gasteiger partial charge is 0.468 e. The smallest absolute Gasteiger partial charge is 0.315 e. The summed E-state index contributed by atoms with van der Waals surface area (Å²) in [6, 6.07) is 1.86. The van der Waals surface area contributed by atoms with Gasteiger partial charge in [0.1, 0.15) is 0 Å². The van der Waals surface area contributed by atoms with Gasteiger partial charge < -0.3 is 4.74 Å². The van der Waals surface area contributed by atoms with Gasteiger partial charge in [-0.1, -0.05) is 0 Å². The summed E-state index contributed by atoms with van der Waals surface area (Å²) in [7, 11) is 1.38. The van der Waals surface area contributed by atoms with Crippen LogP contribution in [0, 0.1) is 0 Å². The molecule has 15 heavy (non-hydrogen) atoms. The molecule has 0 aliphatic carbocycles. The summed E-state index contributed by atoms with van der Waals surface area (Å²) < 4.78 is 5.58. The molecule has 0 saturated carbocycles. The predicted octanol–water partition coefficient (Wildman–Crippen LogP) is 2.72. The lowest BCUT2D eigenvalue weighted by atomic mass is 9.86. The summed E-state index contributed by atoms with van der Waals surface area (Å²) in [4.78, 5) is 15.5. The van der Waals surface area contributed by atoms with Crippen LogP contribution >= 0.6 is 28.3 Å². The lowest BCUT2D eigenvalue weighted by Crippen LogP contribution is -2.30. The van der Waals surface area contributed by atoms with Crippen LogP contribution in [-0.2, 0) is 14.9 Å². The van der Waals surface area contributed by atoms with Crippen molar-refractivity contribution in [1.82, 2.24) is 4.98 Å². The number of aromatic nitrogens is 1. The van der Waals surface area contributed by atoms with Crippen LogP contribution < -0.4 is 0 Å². The van der Waals surface area contributed by atoms with E-state index in [0.29, 0.717) is 0 Å². The first-order chi connectivity index (χ1) is 6.48. The van der Waals surface area contributed by atoms with E-state index < -0.39 is 5.41 Å². The molecule has 0 fully saturated rings. The second kappa shape index (κ2) is 5.47. The van der Waals surface area contributed by atoms with Gasteiger partial charge in [0.05, 0.1) is 12.5 Å². The molecule has 0 bridgehead atoms. The van der Waals surface area contributed by atoms with E-state index in [9.17, 15) is 4.79 Å². The maximum atomic E-state index is 11.5. The summed E-state index contributed by atoms with van der Waals surface area (Å²) >= 11 is 3.31. The normalized spacial score (nSPS) is 10.4. The minimum Gasteiger partial charge on any atom is -0.468 e. The zero-order valence-corrected chi connectivity index (χ0v) is 11.2. The topological polar surface area (TPSA) is 39.2 Å². The zero-order valence-electron chi connectivity index (χ0n) is 8.78. The lowest BCUT2D eigenvalue weighted by molar-refractivity contribution is -0.146. The number of hydrogen-bond donors (Lipinski definition) is 0. The van der Waals surface area contributed by atoms with Crippen molar-refractivity contribution in [3.63, 3.8) is 0 Å². The molecule has 0 unspecified atom stereocenters. The highest BCUT2D eigenvalue weighted by atomic mass is 79.9. The molecule has 0 atom stereocenters. The van der Waals surface area contributed by atoms with Gasteiger partial charge in [0.15, 0.2) is 0 Å². The van der Waals surface area contributed by atoms with Crippen LogP contribution in [0.25, 0.3) is 0 Å². The molecule has 1 rings (SSSR count). The Balaban J connectivity index is 0.00000196. The second-order valence-electron chi connectivity index (χ2n) is 3.51. The molecule has 0 aromatic carbocycles. The summed E-state index contributed by atoms with van der Waals surface area (Å²) in [5.41, 5.74) is 0.171. The molecule has 3 nitrogen and oxygen atoms in total. The zero-order chi connectivity index (χ0) is 10.8. The third-order valence-corrected chi connectivity index (χ3v) is 2.56. The van der Waals surface area contributed by atoms with Crippen molar-refractivity contribution in [2.75, 3.05) is 7.11 Å². The van der Waals surface area contributed by atoms with E-state index in [1.807, 2.05) is 19.9 Å². The fourth-order valence-corrected chi connectivity index (χ4v) is 1.49. The van der Waals surface area contributed by atoms with Crippen molar-refractivity contribution < 1.29 is 9.53 Å². The maximum absolute atomic E-state index is 11.5. The molecule has 0 radical (unpaired) electrons. The Morgan fingerprint density at radius 3 is 2.53 bits per heavy atom. The highest BCUT2D eigenvalue weighted by Gasteiger charge is 2.31. The first-order valence-corrected chi connectivity index (χ1v) is 4.97. The Morgan fingerprint density at radius 1 is 1.47 bits per heavy atom. The van der Waals surface area contributed by atoms with Gasteiger partial charge in [0.25, 0.3) is 0 Å². The number of hydrogen-bond acceptors (Lipinski definition) is 3. The molecule has 0 aliphatic rings. The van der Waals surface area contributed by atoms with Crippen LogP contribution in [0.5, 0.6) is 0 Å². The molecular formula is C10H13BrClNO2. The van der Waals surface area contributed by atoms with E-state index in [4.69, 9.17) is 4.74 Å². The van der Waals surface area contributed by atoms with Gasteiger partial charge in [0.2, 0.25) is 0 Å². The van der Waals surface area contributed by atoms with Crippen LogP contribution in [0.2, 0.25) is 0 Å². The molecule has 0 N–H and O–H groups in total. The minimum atomic E-state index is -0.661. The van der Waals surface area contributed by atoms with E-state index >= 15 is 0 Å². The highest BCUT2D eigenvalue weighted by molar-refractivity contribution is 9.10. The van der Waals surface area contributed by atoms with Crippen molar-refractivity contribution in [3.8, 4) is 0 Å². The fourth-order valence-electron chi connectivity index (χ4n) is 1.13. The monoisotopic (exact) mass is 293 g/mol. The Morgan fingerprint density at radius 2 is 2.07 bits per heavy atom. The van der Waals surface area contributed by atoms with Crippen molar-refractivity contribution >= 4 is 34.3 Å². The van der Waals surface area contributed by atoms with Crippen LogP contribution in [0.3, 0.4) is 0 Å². The van der Waals surface area contributed by atoms with E-state index in [1.165, 1.54) is 7.11 Å². The Labute approximate surface area is 104 Å². The molecule has 0 aliphatic heterocycles. The number of esters is 1. The van der Waals surface area contributed by atoms with Crippen LogP contribution in [0.4, 0.5) is 0 Å².